The van der Waals surface area contributed by atoms with Gasteiger partial charge in [0.15, 0.2) is 0 Å². The summed E-state index contributed by atoms with van der Waals surface area (Å²) in [6.45, 7) is 0.397. The van der Waals surface area contributed by atoms with Crippen molar-refractivity contribution in [2.24, 2.45) is 7.05 Å². The van der Waals surface area contributed by atoms with Gasteiger partial charge in [0.05, 0.1) is 18.4 Å². The van der Waals surface area contributed by atoms with Crippen LogP contribution >= 0.6 is 11.6 Å². The fourth-order valence-electron chi connectivity index (χ4n) is 1.13. The normalized spacial score (nSPS) is 10.4. The summed E-state index contributed by atoms with van der Waals surface area (Å²) in [6.07, 6.45) is 2.89. The van der Waals surface area contributed by atoms with Crippen molar-refractivity contribution in [3.8, 4) is 0 Å². The zero-order chi connectivity index (χ0) is 11.5. The van der Waals surface area contributed by atoms with Crippen LogP contribution in [0.1, 0.15) is 5.82 Å². The van der Waals surface area contributed by atoms with Gasteiger partial charge in [-0.15, -0.1) is 0 Å². The predicted octanol–water partition coefficient (Wildman–Crippen LogP) is 0.164. The van der Waals surface area contributed by atoms with Gasteiger partial charge in [0.1, 0.15) is 17.2 Å². The molecule has 2 N–H and O–H groups in total. The first-order valence-electron chi connectivity index (χ1n) is 4.48. The lowest BCUT2D eigenvalue weighted by Gasteiger charge is -2.06. The van der Waals surface area contributed by atoms with E-state index in [-0.39, 0.29) is 10.6 Å². The number of hydrogen-bond acceptors (Lipinski definition) is 5. The molecule has 16 heavy (non-hydrogen) atoms. The van der Waals surface area contributed by atoms with Crippen molar-refractivity contribution in [3.63, 3.8) is 0 Å². The molecule has 2 aromatic rings. The number of aromatic nitrogens is 5. The van der Waals surface area contributed by atoms with Crippen molar-refractivity contribution in [2.45, 2.75) is 6.54 Å². The topological polar surface area (TPSA) is 88.5 Å². The molecule has 0 aromatic carbocycles. The Kier molecular flexibility index (Phi) is 2.86. The molecule has 0 fully saturated rings. The van der Waals surface area contributed by atoms with Crippen LogP contribution in [0.4, 0.5) is 5.69 Å². The summed E-state index contributed by atoms with van der Waals surface area (Å²) >= 11 is 5.86. The van der Waals surface area contributed by atoms with E-state index >= 15 is 0 Å². The fraction of sp³-hybridized carbons (Fsp3) is 0.250. The average Bonchev–Trinajstić information content (AvgIpc) is 2.78. The lowest BCUT2D eigenvalue weighted by molar-refractivity contribution is 0.708. The molecule has 0 atom stereocenters. The number of nitrogens with zero attached hydrogens (tertiary/aromatic N) is 4. The summed E-state index contributed by atoms with van der Waals surface area (Å²) in [5, 5.41) is 13.3. The SMILES string of the molecule is Cn1ncc(NCc2ncn[nH]2)c(Cl)c1=O. The van der Waals surface area contributed by atoms with Crippen LogP contribution in [0, 0.1) is 0 Å². The number of hydrogen-bond donors (Lipinski definition) is 2. The summed E-state index contributed by atoms with van der Waals surface area (Å²) in [6, 6.07) is 0. The number of anilines is 1. The van der Waals surface area contributed by atoms with E-state index in [1.165, 1.54) is 24.3 Å². The molecule has 7 nitrogen and oxygen atoms in total. The first-order valence-corrected chi connectivity index (χ1v) is 4.86. The standard InChI is InChI=1S/C8H9ClN6O/c1-15-8(16)7(9)5(2-13-15)10-3-6-11-4-12-14-6/h2,4,10H,3H2,1H3,(H,11,12,14). The van der Waals surface area contributed by atoms with E-state index in [9.17, 15) is 4.79 Å². The molecule has 0 aliphatic carbocycles. The van der Waals surface area contributed by atoms with Crippen LogP contribution in [-0.2, 0) is 13.6 Å². The van der Waals surface area contributed by atoms with Gasteiger partial charge >= 0.3 is 0 Å². The van der Waals surface area contributed by atoms with E-state index < -0.39 is 0 Å². The van der Waals surface area contributed by atoms with Gasteiger partial charge in [-0.1, -0.05) is 11.6 Å². The second-order valence-corrected chi connectivity index (χ2v) is 3.46. The van der Waals surface area contributed by atoms with Gasteiger partial charge in [0.25, 0.3) is 5.56 Å². The van der Waals surface area contributed by atoms with Crippen molar-refractivity contribution in [1.82, 2.24) is 25.0 Å². The van der Waals surface area contributed by atoms with Gasteiger partial charge in [-0.3, -0.25) is 9.89 Å². The summed E-state index contributed by atoms with van der Waals surface area (Å²) in [5.74, 6) is 0.650. The Balaban J connectivity index is 2.16. The van der Waals surface area contributed by atoms with Crippen LogP contribution in [0.25, 0.3) is 0 Å². The molecule has 2 aromatic heterocycles. The second-order valence-electron chi connectivity index (χ2n) is 3.09. The fourth-order valence-corrected chi connectivity index (χ4v) is 1.37. The molecule has 2 heterocycles. The molecule has 0 saturated carbocycles. The molecular weight excluding hydrogens is 232 g/mol. The summed E-state index contributed by atoms with van der Waals surface area (Å²) in [4.78, 5) is 15.4. The van der Waals surface area contributed by atoms with Crippen molar-refractivity contribution in [2.75, 3.05) is 5.32 Å². The Morgan fingerprint density at radius 1 is 1.62 bits per heavy atom. The smallest absolute Gasteiger partial charge is 0.287 e. The maximum Gasteiger partial charge on any atom is 0.287 e. The molecule has 8 heteroatoms. The highest BCUT2D eigenvalue weighted by Crippen LogP contribution is 2.15. The zero-order valence-electron chi connectivity index (χ0n) is 8.44. The Hall–Kier alpha value is -1.89. The highest BCUT2D eigenvalue weighted by Gasteiger charge is 2.07. The second kappa shape index (κ2) is 4.31. The van der Waals surface area contributed by atoms with Crippen LogP contribution in [0.3, 0.4) is 0 Å². The third kappa shape index (κ3) is 2.03. The molecule has 0 bridgehead atoms. The number of aryl methyl sites for hydroxylation is 1. The molecule has 0 unspecified atom stereocenters. The molecular formula is C8H9ClN6O. The van der Waals surface area contributed by atoms with E-state index in [0.717, 1.165) is 0 Å². The van der Waals surface area contributed by atoms with Gasteiger partial charge in [-0.2, -0.15) is 10.2 Å². The maximum atomic E-state index is 11.4. The first kappa shape index (κ1) is 10.6. The molecule has 0 spiro atoms. The predicted molar refractivity (Wildman–Crippen MR) is 58.2 cm³/mol. The van der Waals surface area contributed by atoms with E-state index in [2.05, 4.69) is 25.6 Å². The minimum atomic E-state index is -0.343. The monoisotopic (exact) mass is 240 g/mol. The largest absolute Gasteiger partial charge is 0.375 e. The molecule has 0 amide bonds. The summed E-state index contributed by atoms with van der Waals surface area (Å²) < 4.78 is 1.17. The molecule has 0 aliphatic heterocycles. The van der Waals surface area contributed by atoms with Crippen molar-refractivity contribution in [3.05, 3.63) is 33.7 Å². The number of halogens is 1. The van der Waals surface area contributed by atoms with Crippen LogP contribution in [0.2, 0.25) is 5.02 Å². The van der Waals surface area contributed by atoms with Gasteiger partial charge < -0.3 is 5.32 Å². The van der Waals surface area contributed by atoms with E-state index in [1.54, 1.807) is 0 Å². The van der Waals surface area contributed by atoms with Gasteiger partial charge in [-0.05, 0) is 0 Å². The Morgan fingerprint density at radius 3 is 3.12 bits per heavy atom. The Labute approximate surface area is 95.5 Å². The number of nitrogens with one attached hydrogen (secondary N) is 2. The van der Waals surface area contributed by atoms with E-state index in [1.807, 2.05) is 0 Å². The summed E-state index contributed by atoms with van der Waals surface area (Å²) in [7, 11) is 1.54. The van der Waals surface area contributed by atoms with Crippen molar-refractivity contribution in [1.29, 1.82) is 0 Å². The Morgan fingerprint density at radius 2 is 2.44 bits per heavy atom. The third-order valence-corrected chi connectivity index (χ3v) is 2.35. The molecule has 0 aliphatic rings. The Bertz CT molecular complexity index is 534. The number of aromatic amines is 1. The van der Waals surface area contributed by atoms with Crippen LogP contribution in [-0.4, -0.2) is 25.0 Å². The highest BCUT2D eigenvalue weighted by molar-refractivity contribution is 6.32. The first-order chi connectivity index (χ1) is 7.68. The average molecular weight is 241 g/mol. The van der Waals surface area contributed by atoms with Crippen molar-refractivity contribution >= 4 is 17.3 Å². The van der Waals surface area contributed by atoms with Crippen LogP contribution < -0.4 is 10.9 Å². The molecule has 0 saturated heterocycles. The third-order valence-electron chi connectivity index (χ3n) is 1.99. The van der Waals surface area contributed by atoms with Gasteiger partial charge in [-0.25, -0.2) is 9.67 Å². The summed E-state index contributed by atoms with van der Waals surface area (Å²) in [5.41, 5.74) is 0.130. The molecule has 84 valence electrons. The van der Waals surface area contributed by atoms with Crippen molar-refractivity contribution < 1.29 is 0 Å². The number of rotatable bonds is 3. The minimum absolute atomic E-state index is 0.108. The molecule has 2 rings (SSSR count). The lowest BCUT2D eigenvalue weighted by atomic mass is 10.4. The van der Waals surface area contributed by atoms with Gasteiger partial charge in [0.2, 0.25) is 0 Å². The maximum absolute atomic E-state index is 11.4. The molecule has 0 radical (unpaired) electrons. The van der Waals surface area contributed by atoms with Crippen LogP contribution in [0.5, 0.6) is 0 Å². The van der Waals surface area contributed by atoms with Gasteiger partial charge in [0, 0.05) is 7.05 Å². The number of H-pyrrole nitrogens is 1. The quantitative estimate of drug-likeness (QED) is 0.798. The van der Waals surface area contributed by atoms with Crippen LogP contribution in [0.15, 0.2) is 17.3 Å². The minimum Gasteiger partial charge on any atom is -0.375 e. The van der Waals surface area contributed by atoms with E-state index in [4.69, 9.17) is 11.6 Å². The lowest BCUT2D eigenvalue weighted by Crippen LogP contribution is -2.21. The van der Waals surface area contributed by atoms with E-state index in [0.29, 0.717) is 18.1 Å². The zero-order valence-corrected chi connectivity index (χ0v) is 9.19. The highest BCUT2D eigenvalue weighted by atomic mass is 35.5.